The van der Waals surface area contributed by atoms with Crippen LogP contribution in [0.25, 0.3) is 0 Å². The fourth-order valence-corrected chi connectivity index (χ4v) is 5.13. The van der Waals surface area contributed by atoms with Crippen molar-refractivity contribution in [3.05, 3.63) is 59.1 Å². The lowest BCUT2D eigenvalue weighted by Crippen LogP contribution is -2.31. The minimum Gasteiger partial charge on any atom is -0.493 e. The van der Waals surface area contributed by atoms with Crippen molar-refractivity contribution in [3.8, 4) is 17.2 Å². The number of ketones is 1. The van der Waals surface area contributed by atoms with Gasteiger partial charge in [-0.15, -0.1) is 5.10 Å². The monoisotopic (exact) mass is 479 g/mol. The quantitative estimate of drug-likeness (QED) is 0.504. The fourth-order valence-electron chi connectivity index (χ4n) is 4.39. The van der Waals surface area contributed by atoms with Gasteiger partial charge >= 0.3 is 0 Å². The number of benzene rings is 1. The Morgan fingerprint density at radius 3 is 2.59 bits per heavy atom. The summed E-state index contributed by atoms with van der Waals surface area (Å²) in [6, 6.07) is 9.11. The lowest BCUT2D eigenvalue weighted by Gasteiger charge is -2.32. The molecule has 5 rings (SSSR count). The van der Waals surface area contributed by atoms with Crippen LogP contribution in [0.3, 0.4) is 0 Å². The predicted molar refractivity (Wildman–Crippen MR) is 128 cm³/mol. The third-order valence-corrected chi connectivity index (χ3v) is 6.80. The number of pyridine rings is 1. The summed E-state index contributed by atoms with van der Waals surface area (Å²) < 4.78 is 18.4. The number of carbonyl (C=O) groups excluding carboxylic acids is 1. The lowest BCUT2D eigenvalue weighted by molar-refractivity contribution is -0.116. The van der Waals surface area contributed by atoms with E-state index in [0.29, 0.717) is 46.1 Å². The van der Waals surface area contributed by atoms with Crippen LogP contribution in [0.4, 0.5) is 5.95 Å². The molecule has 3 aromatic rings. The summed E-state index contributed by atoms with van der Waals surface area (Å²) in [6.07, 6.45) is 3.87. The number of hydrogen-bond acceptors (Lipinski definition) is 9. The van der Waals surface area contributed by atoms with Crippen LogP contribution in [0.5, 0.6) is 17.2 Å². The molecular weight excluding hydrogens is 454 g/mol. The second-order valence-corrected chi connectivity index (χ2v) is 8.87. The zero-order valence-electron chi connectivity index (χ0n) is 19.2. The zero-order chi connectivity index (χ0) is 23.7. The first-order valence-corrected chi connectivity index (χ1v) is 11.9. The number of ether oxygens (including phenoxy) is 3. The van der Waals surface area contributed by atoms with Crippen LogP contribution in [0.2, 0.25) is 0 Å². The van der Waals surface area contributed by atoms with Crippen molar-refractivity contribution >= 4 is 23.5 Å². The number of anilines is 1. The first kappa shape index (κ1) is 22.3. The number of nitrogens with zero attached hydrogens (tertiary/aromatic N) is 4. The molecule has 0 bridgehead atoms. The molecule has 0 saturated heterocycles. The Balaban J connectivity index is 1.58. The van der Waals surface area contributed by atoms with Crippen molar-refractivity contribution in [1.29, 1.82) is 0 Å². The van der Waals surface area contributed by atoms with Gasteiger partial charge in [0.05, 0.1) is 27.0 Å². The van der Waals surface area contributed by atoms with Crippen molar-refractivity contribution < 1.29 is 19.0 Å². The van der Waals surface area contributed by atoms with Gasteiger partial charge in [-0.25, -0.2) is 4.68 Å². The van der Waals surface area contributed by atoms with Gasteiger partial charge in [0.2, 0.25) is 16.9 Å². The number of allylic oxidation sites excluding steroid dienone is 2. The lowest BCUT2D eigenvalue weighted by atomic mass is 9.85. The summed E-state index contributed by atoms with van der Waals surface area (Å²) in [5, 5.41) is 8.75. The molecule has 9 nitrogen and oxygen atoms in total. The SMILES string of the molecule is COc1cc([C@@H]2C3=C(CCCC3=O)Nc3nc(SCc4ccccn4)nn32)cc(OC)c1OC. The smallest absolute Gasteiger partial charge is 0.227 e. The molecule has 1 aliphatic carbocycles. The summed E-state index contributed by atoms with van der Waals surface area (Å²) in [6.45, 7) is 0. The van der Waals surface area contributed by atoms with E-state index in [0.717, 1.165) is 29.8 Å². The number of thioether (sulfide) groups is 1. The molecule has 0 fully saturated rings. The molecule has 2 aromatic heterocycles. The van der Waals surface area contributed by atoms with E-state index in [9.17, 15) is 4.79 Å². The molecule has 1 N–H and O–H groups in total. The summed E-state index contributed by atoms with van der Waals surface area (Å²) in [7, 11) is 4.72. The van der Waals surface area contributed by atoms with Gasteiger partial charge < -0.3 is 19.5 Å². The molecule has 1 aliphatic heterocycles. The average molecular weight is 480 g/mol. The topological polar surface area (TPSA) is 100 Å². The van der Waals surface area contributed by atoms with Crippen molar-refractivity contribution in [2.75, 3.05) is 26.6 Å². The maximum Gasteiger partial charge on any atom is 0.227 e. The molecular formula is C24H25N5O4S. The van der Waals surface area contributed by atoms with E-state index in [1.807, 2.05) is 30.3 Å². The second-order valence-electron chi connectivity index (χ2n) is 7.93. The molecule has 1 atom stereocenters. The highest BCUT2D eigenvalue weighted by atomic mass is 32.2. The van der Waals surface area contributed by atoms with E-state index < -0.39 is 6.04 Å². The van der Waals surface area contributed by atoms with Gasteiger partial charge in [0, 0.05) is 29.6 Å². The van der Waals surface area contributed by atoms with Crippen molar-refractivity contribution in [2.45, 2.75) is 36.2 Å². The van der Waals surface area contributed by atoms with Gasteiger partial charge in [0.25, 0.3) is 0 Å². The number of carbonyl (C=O) groups is 1. The molecule has 0 unspecified atom stereocenters. The Hall–Kier alpha value is -3.53. The fraction of sp³-hybridized carbons (Fsp3) is 0.333. The molecule has 0 amide bonds. The number of hydrogen-bond donors (Lipinski definition) is 1. The molecule has 3 heterocycles. The summed E-state index contributed by atoms with van der Waals surface area (Å²) >= 11 is 1.50. The number of methoxy groups -OCH3 is 3. The summed E-state index contributed by atoms with van der Waals surface area (Å²) in [4.78, 5) is 22.2. The van der Waals surface area contributed by atoms with Crippen LogP contribution in [0.15, 0.2) is 53.0 Å². The summed E-state index contributed by atoms with van der Waals surface area (Å²) in [5.41, 5.74) is 3.36. The van der Waals surface area contributed by atoms with Crippen LogP contribution in [0, 0.1) is 0 Å². The van der Waals surface area contributed by atoms with E-state index in [1.54, 1.807) is 32.2 Å². The summed E-state index contributed by atoms with van der Waals surface area (Å²) in [5.74, 6) is 2.90. The number of fused-ring (bicyclic) bond motifs is 1. The first-order valence-electron chi connectivity index (χ1n) is 10.9. The van der Waals surface area contributed by atoms with E-state index in [2.05, 4.69) is 10.3 Å². The standard InChI is InChI=1S/C24H25N5O4S/c1-31-18-11-14(12-19(32-2)22(18)33-3)21-20-16(8-6-9-17(20)30)26-23-27-24(28-29(21)23)34-13-15-7-4-5-10-25-15/h4-5,7,10-12,21H,6,8-9,13H2,1-3H3,(H,26,27,28)/t21-/m1/s1. The van der Waals surface area contributed by atoms with Crippen LogP contribution in [-0.2, 0) is 10.5 Å². The largest absolute Gasteiger partial charge is 0.493 e. The maximum atomic E-state index is 13.1. The number of Topliss-reactive ketones (excluding diaryl/α,β-unsaturated/α-hetero) is 1. The van der Waals surface area contributed by atoms with Crippen LogP contribution < -0.4 is 19.5 Å². The molecule has 2 aliphatic rings. The molecule has 0 radical (unpaired) electrons. The molecule has 0 saturated carbocycles. The molecule has 1 aromatic carbocycles. The molecule has 176 valence electrons. The molecule has 34 heavy (non-hydrogen) atoms. The molecule has 10 heteroatoms. The minimum absolute atomic E-state index is 0.108. The highest BCUT2D eigenvalue weighted by Crippen LogP contribution is 2.45. The minimum atomic E-state index is -0.454. The number of rotatable bonds is 7. The Labute approximate surface area is 201 Å². The Morgan fingerprint density at radius 2 is 1.91 bits per heavy atom. The van der Waals surface area contributed by atoms with Crippen LogP contribution in [-0.4, -0.2) is 46.9 Å². The van der Waals surface area contributed by atoms with Gasteiger partial charge in [-0.1, -0.05) is 17.8 Å². The van der Waals surface area contributed by atoms with Gasteiger partial charge in [-0.3, -0.25) is 9.78 Å². The van der Waals surface area contributed by atoms with E-state index >= 15 is 0 Å². The normalized spacial score (nSPS) is 17.0. The highest BCUT2D eigenvalue weighted by Gasteiger charge is 2.37. The van der Waals surface area contributed by atoms with E-state index in [-0.39, 0.29) is 5.78 Å². The molecule has 0 spiro atoms. The second kappa shape index (κ2) is 9.38. The first-order chi connectivity index (χ1) is 16.6. The van der Waals surface area contributed by atoms with Gasteiger partial charge in [0.1, 0.15) is 6.04 Å². The average Bonchev–Trinajstić information content (AvgIpc) is 3.28. The van der Waals surface area contributed by atoms with Gasteiger partial charge in [-0.2, -0.15) is 4.98 Å². The van der Waals surface area contributed by atoms with Crippen molar-refractivity contribution in [2.24, 2.45) is 0 Å². The van der Waals surface area contributed by atoms with Gasteiger partial charge in [0.15, 0.2) is 17.3 Å². The number of nitrogens with one attached hydrogen (secondary N) is 1. The Morgan fingerprint density at radius 1 is 1.12 bits per heavy atom. The Kier molecular flexibility index (Phi) is 6.14. The van der Waals surface area contributed by atoms with Crippen molar-refractivity contribution in [1.82, 2.24) is 19.7 Å². The van der Waals surface area contributed by atoms with Gasteiger partial charge in [-0.05, 0) is 42.7 Å². The van der Waals surface area contributed by atoms with Crippen LogP contribution >= 0.6 is 11.8 Å². The zero-order valence-corrected chi connectivity index (χ0v) is 20.0. The van der Waals surface area contributed by atoms with Crippen LogP contribution in [0.1, 0.15) is 36.6 Å². The number of aromatic nitrogens is 4. The third kappa shape index (κ3) is 3.98. The van der Waals surface area contributed by atoms with E-state index in [4.69, 9.17) is 24.3 Å². The highest BCUT2D eigenvalue weighted by molar-refractivity contribution is 7.98. The van der Waals surface area contributed by atoms with E-state index in [1.165, 1.54) is 11.8 Å². The maximum absolute atomic E-state index is 13.1. The Bertz CT molecular complexity index is 1230. The van der Waals surface area contributed by atoms with Crippen molar-refractivity contribution in [3.63, 3.8) is 0 Å². The predicted octanol–water partition coefficient (Wildman–Crippen LogP) is 4.01. The third-order valence-electron chi connectivity index (χ3n) is 5.93.